The fraction of sp³-hybridized carbons (Fsp3) is 0.0476. The fourth-order valence-corrected chi connectivity index (χ4v) is 3.51. The lowest BCUT2D eigenvalue weighted by molar-refractivity contribution is 0.0984. The van der Waals surface area contributed by atoms with Crippen LogP contribution in [0.15, 0.2) is 54.9 Å². The molecule has 0 spiro atoms. The lowest BCUT2D eigenvalue weighted by atomic mass is 10.1. The molecule has 0 saturated heterocycles. The van der Waals surface area contributed by atoms with Gasteiger partial charge >= 0.3 is 0 Å². The Labute approximate surface area is 168 Å². The fourth-order valence-electron chi connectivity index (χ4n) is 3.30. The summed E-state index contributed by atoms with van der Waals surface area (Å²) in [5.74, 6) is -0.480. The largest absolute Gasteiger partial charge is 0.335 e. The maximum absolute atomic E-state index is 13.3. The number of carbonyl (C=O) groups excluding carboxylic acids is 1. The van der Waals surface area contributed by atoms with Gasteiger partial charge in [0.25, 0.3) is 0 Å². The van der Waals surface area contributed by atoms with Gasteiger partial charge in [-0.3, -0.25) is 14.9 Å². The van der Waals surface area contributed by atoms with E-state index in [4.69, 9.17) is 11.6 Å². The molecule has 0 atom stereocenters. The second-order valence-corrected chi connectivity index (χ2v) is 7.06. The predicted octanol–water partition coefficient (Wildman–Crippen LogP) is 4.72. The van der Waals surface area contributed by atoms with Crippen LogP contribution < -0.4 is 0 Å². The minimum absolute atomic E-state index is 0.00895. The molecule has 0 fully saturated rings. The third kappa shape index (κ3) is 3.15. The molecule has 5 aromatic rings. The molecule has 0 bridgehead atoms. The van der Waals surface area contributed by atoms with Crippen molar-refractivity contribution in [2.24, 2.45) is 0 Å². The Balaban J connectivity index is 1.51. The zero-order valence-corrected chi connectivity index (χ0v) is 15.7. The van der Waals surface area contributed by atoms with Crippen molar-refractivity contribution in [2.45, 2.75) is 6.42 Å². The highest BCUT2D eigenvalue weighted by Crippen LogP contribution is 2.29. The summed E-state index contributed by atoms with van der Waals surface area (Å²) in [5.41, 5.74) is 4.57. The topological polar surface area (TPSA) is 87.3 Å². The number of fused-ring (bicyclic) bond motifs is 2. The van der Waals surface area contributed by atoms with Crippen molar-refractivity contribution in [3.8, 4) is 11.3 Å². The first kappa shape index (κ1) is 17.5. The third-order valence-electron chi connectivity index (χ3n) is 4.73. The van der Waals surface area contributed by atoms with Gasteiger partial charge in [-0.15, -0.1) is 0 Å². The van der Waals surface area contributed by atoms with Crippen molar-refractivity contribution in [2.75, 3.05) is 0 Å². The Morgan fingerprint density at radius 3 is 2.69 bits per heavy atom. The van der Waals surface area contributed by atoms with Crippen LogP contribution in [0.3, 0.4) is 0 Å². The maximum Gasteiger partial charge on any atom is 0.202 e. The number of aromatic nitrogens is 5. The minimum atomic E-state index is -0.514. The van der Waals surface area contributed by atoms with Gasteiger partial charge in [-0.1, -0.05) is 17.7 Å². The van der Waals surface area contributed by atoms with Gasteiger partial charge in [0.1, 0.15) is 11.5 Å². The van der Waals surface area contributed by atoms with Gasteiger partial charge in [-0.2, -0.15) is 5.10 Å². The van der Waals surface area contributed by atoms with E-state index in [9.17, 15) is 9.18 Å². The van der Waals surface area contributed by atoms with E-state index in [0.717, 1.165) is 27.7 Å². The van der Waals surface area contributed by atoms with Crippen LogP contribution >= 0.6 is 11.6 Å². The number of Topliss-reactive ketones (excluding diaryl/α,β-unsaturated/α-hetero) is 1. The summed E-state index contributed by atoms with van der Waals surface area (Å²) < 4.78 is 13.3. The molecule has 0 unspecified atom stereocenters. The molecule has 5 rings (SSSR count). The number of H-pyrrole nitrogens is 2. The number of rotatable bonds is 4. The Morgan fingerprint density at radius 2 is 1.90 bits per heavy atom. The van der Waals surface area contributed by atoms with Gasteiger partial charge in [0.15, 0.2) is 5.82 Å². The molecule has 3 heterocycles. The number of aromatic amines is 2. The summed E-state index contributed by atoms with van der Waals surface area (Å²) in [6.45, 7) is 0. The second kappa shape index (κ2) is 6.79. The molecule has 0 amide bonds. The van der Waals surface area contributed by atoms with E-state index in [1.165, 1.54) is 18.2 Å². The van der Waals surface area contributed by atoms with E-state index in [0.29, 0.717) is 11.1 Å². The zero-order chi connectivity index (χ0) is 20.0. The molecule has 29 heavy (non-hydrogen) atoms. The second-order valence-electron chi connectivity index (χ2n) is 6.66. The van der Waals surface area contributed by atoms with E-state index < -0.39 is 5.82 Å². The molecule has 2 aromatic carbocycles. The molecule has 8 heteroatoms. The summed E-state index contributed by atoms with van der Waals surface area (Å²) in [4.78, 5) is 24.2. The number of nitrogens with one attached hydrogen (secondary N) is 2. The zero-order valence-electron chi connectivity index (χ0n) is 14.9. The third-order valence-corrected chi connectivity index (χ3v) is 5.02. The van der Waals surface area contributed by atoms with Crippen molar-refractivity contribution < 1.29 is 9.18 Å². The van der Waals surface area contributed by atoms with Crippen LogP contribution in [0.2, 0.25) is 5.02 Å². The highest BCUT2D eigenvalue weighted by atomic mass is 35.5. The summed E-state index contributed by atoms with van der Waals surface area (Å²) in [7, 11) is 0. The molecule has 0 aliphatic carbocycles. The van der Waals surface area contributed by atoms with Crippen LogP contribution in [-0.2, 0) is 6.42 Å². The average molecular weight is 406 g/mol. The Kier molecular flexibility index (Phi) is 4.10. The van der Waals surface area contributed by atoms with Crippen LogP contribution in [0.4, 0.5) is 4.39 Å². The van der Waals surface area contributed by atoms with Crippen LogP contribution in [-0.4, -0.2) is 30.9 Å². The summed E-state index contributed by atoms with van der Waals surface area (Å²) >= 11 is 5.80. The lowest BCUT2D eigenvalue weighted by Gasteiger charge is -2.00. The lowest BCUT2D eigenvalue weighted by Crippen LogP contribution is -2.05. The van der Waals surface area contributed by atoms with Crippen molar-refractivity contribution in [3.05, 3.63) is 77.1 Å². The van der Waals surface area contributed by atoms with E-state index >= 15 is 0 Å². The number of ketones is 1. The molecular weight excluding hydrogens is 393 g/mol. The standard InChI is InChI=1S/C21H13ClFN5O/c22-14-7-11(1-2-15(14)23)8-19(29)21-25-17-9-13-16(10-18(17)26-21)27-28-20(13)12-3-5-24-6-4-12/h1-7,9-10H,8H2,(H,25,26)(H,27,28). The Morgan fingerprint density at radius 1 is 1.07 bits per heavy atom. The van der Waals surface area contributed by atoms with E-state index in [2.05, 4.69) is 25.1 Å². The predicted molar refractivity (Wildman–Crippen MR) is 108 cm³/mol. The Bertz CT molecular complexity index is 1380. The molecule has 0 aliphatic heterocycles. The number of imidazole rings is 1. The highest BCUT2D eigenvalue weighted by Gasteiger charge is 2.16. The average Bonchev–Trinajstić information content (AvgIpc) is 3.33. The van der Waals surface area contributed by atoms with Gasteiger partial charge in [0, 0.05) is 29.8 Å². The smallest absolute Gasteiger partial charge is 0.202 e. The number of hydrogen-bond donors (Lipinski definition) is 2. The molecule has 0 radical (unpaired) electrons. The summed E-state index contributed by atoms with van der Waals surface area (Å²) in [6, 6.07) is 11.8. The van der Waals surface area contributed by atoms with Crippen molar-refractivity contribution >= 4 is 39.3 Å². The van der Waals surface area contributed by atoms with Crippen LogP contribution in [0.1, 0.15) is 16.2 Å². The van der Waals surface area contributed by atoms with Crippen molar-refractivity contribution in [1.29, 1.82) is 0 Å². The van der Waals surface area contributed by atoms with Gasteiger partial charge in [-0.05, 0) is 42.0 Å². The van der Waals surface area contributed by atoms with Crippen molar-refractivity contribution in [3.63, 3.8) is 0 Å². The van der Waals surface area contributed by atoms with Gasteiger partial charge in [-0.25, -0.2) is 9.37 Å². The normalized spacial score (nSPS) is 11.4. The maximum atomic E-state index is 13.3. The number of benzene rings is 2. The first-order valence-electron chi connectivity index (χ1n) is 8.84. The quantitative estimate of drug-likeness (QED) is 0.423. The molecular formula is C21H13ClFN5O. The number of nitrogens with zero attached hydrogens (tertiary/aromatic N) is 3. The number of halogens is 2. The molecule has 142 valence electrons. The van der Waals surface area contributed by atoms with E-state index in [1.54, 1.807) is 12.4 Å². The minimum Gasteiger partial charge on any atom is -0.335 e. The van der Waals surface area contributed by atoms with Crippen molar-refractivity contribution in [1.82, 2.24) is 25.1 Å². The molecule has 0 aliphatic rings. The van der Waals surface area contributed by atoms with Crippen LogP contribution in [0, 0.1) is 5.82 Å². The van der Waals surface area contributed by atoms with Crippen LogP contribution in [0.5, 0.6) is 0 Å². The summed E-state index contributed by atoms with van der Waals surface area (Å²) in [6.07, 6.45) is 3.49. The highest BCUT2D eigenvalue weighted by molar-refractivity contribution is 6.30. The number of carbonyl (C=O) groups is 1. The Hall–Kier alpha value is -3.58. The SMILES string of the molecule is O=C(Cc1ccc(F)c(Cl)c1)c1nc2cc3c(-c4ccncc4)n[nH]c3cc2[nH]1. The van der Waals surface area contributed by atoms with Crippen LogP contribution in [0.25, 0.3) is 33.2 Å². The van der Waals surface area contributed by atoms with Gasteiger partial charge in [0.05, 0.1) is 21.6 Å². The molecule has 0 saturated carbocycles. The molecule has 6 nitrogen and oxygen atoms in total. The van der Waals surface area contributed by atoms with E-state index in [1.807, 2.05) is 24.3 Å². The first-order chi connectivity index (χ1) is 14.1. The number of hydrogen-bond acceptors (Lipinski definition) is 4. The summed E-state index contributed by atoms with van der Waals surface area (Å²) in [5, 5.41) is 8.30. The van der Waals surface area contributed by atoms with Gasteiger partial charge < -0.3 is 4.98 Å². The first-order valence-corrected chi connectivity index (χ1v) is 9.21. The van der Waals surface area contributed by atoms with E-state index in [-0.39, 0.29) is 23.1 Å². The van der Waals surface area contributed by atoms with Gasteiger partial charge in [0.2, 0.25) is 5.78 Å². The molecule has 3 aromatic heterocycles. The number of pyridine rings is 1. The monoisotopic (exact) mass is 405 g/mol. The molecule has 2 N–H and O–H groups in total.